The quantitative estimate of drug-likeness (QED) is 0.827. The number of anilines is 2. The second-order valence-corrected chi connectivity index (χ2v) is 4.16. The minimum atomic E-state index is -4.54. The standard InChI is InChI=1S/C14H11F3N2O/c15-14(16,17)10-6-9(7-11(18)8-10)13(20)19-12-4-2-1-3-5-12/h1-8H,18H2,(H,19,20). The van der Waals surface area contributed by atoms with Gasteiger partial charge < -0.3 is 11.1 Å². The van der Waals surface area contributed by atoms with Crippen LogP contribution in [0.5, 0.6) is 0 Å². The lowest BCUT2D eigenvalue weighted by Crippen LogP contribution is -2.14. The topological polar surface area (TPSA) is 55.1 Å². The summed E-state index contributed by atoms with van der Waals surface area (Å²) in [5, 5.41) is 2.50. The molecular weight excluding hydrogens is 269 g/mol. The molecule has 3 nitrogen and oxygen atoms in total. The minimum absolute atomic E-state index is 0.113. The van der Waals surface area contributed by atoms with E-state index in [1.54, 1.807) is 30.3 Å². The number of hydrogen-bond acceptors (Lipinski definition) is 2. The molecule has 104 valence electrons. The van der Waals surface area contributed by atoms with Gasteiger partial charge in [0.25, 0.3) is 5.91 Å². The summed E-state index contributed by atoms with van der Waals surface area (Å²) in [5.74, 6) is -0.644. The lowest BCUT2D eigenvalue weighted by molar-refractivity contribution is -0.137. The SMILES string of the molecule is Nc1cc(C(=O)Nc2ccccc2)cc(C(F)(F)F)c1. The molecule has 2 aromatic rings. The molecule has 0 unspecified atom stereocenters. The molecule has 0 aliphatic rings. The first kappa shape index (κ1) is 13.9. The van der Waals surface area contributed by atoms with E-state index < -0.39 is 17.6 Å². The number of para-hydroxylation sites is 1. The van der Waals surface area contributed by atoms with E-state index in [-0.39, 0.29) is 11.3 Å². The molecule has 6 heteroatoms. The lowest BCUT2D eigenvalue weighted by atomic mass is 10.1. The third kappa shape index (κ3) is 3.28. The van der Waals surface area contributed by atoms with Crippen LogP contribution in [-0.2, 0) is 6.18 Å². The van der Waals surface area contributed by atoms with Crippen molar-refractivity contribution in [1.29, 1.82) is 0 Å². The van der Waals surface area contributed by atoms with Crippen molar-refractivity contribution in [3.63, 3.8) is 0 Å². The molecule has 3 N–H and O–H groups in total. The van der Waals surface area contributed by atoms with Crippen LogP contribution in [0.3, 0.4) is 0 Å². The first-order valence-corrected chi connectivity index (χ1v) is 5.70. The Labute approximate surface area is 113 Å². The molecule has 0 radical (unpaired) electrons. The molecule has 1 amide bonds. The molecule has 0 saturated heterocycles. The number of carbonyl (C=O) groups excluding carboxylic acids is 1. The molecule has 0 atom stereocenters. The van der Waals surface area contributed by atoms with Crippen LogP contribution in [0, 0.1) is 0 Å². The van der Waals surface area contributed by atoms with Gasteiger partial charge in [-0.25, -0.2) is 0 Å². The van der Waals surface area contributed by atoms with Crippen LogP contribution in [0.1, 0.15) is 15.9 Å². The Morgan fingerprint density at radius 3 is 2.30 bits per heavy atom. The third-order valence-corrected chi connectivity index (χ3v) is 2.58. The Bertz CT molecular complexity index is 624. The van der Waals surface area contributed by atoms with Crippen molar-refractivity contribution in [2.45, 2.75) is 6.18 Å². The van der Waals surface area contributed by atoms with Gasteiger partial charge in [0, 0.05) is 16.9 Å². The summed E-state index contributed by atoms with van der Waals surface area (Å²) in [4.78, 5) is 11.9. The van der Waals surface area contributed by atoms with Crippen LogP contribution in [0.4, 0.5) is 24.5 Å². The summed E-state index contributed by atoms with van der Waals surface area (Å²) in [7, 11) is 0. The van der Waals surface area contributed by atoms with Crippen LogP contribution in [0.25, 0.3) is 0 Å². The second-order valence-electron chi connectivity index (χ2n) is 4.16. The van der Waals surface area contributed by atoms with Crippen molar-refractivity contribution in [2.24, 2.45) is 0 Å². The number of nitrogens with one attached hydrogen (secondary N) is 1. The van der Waals surface area contributed by atoms with Crippen molar-refractivity contribution in [2.75, 3.05) is 11.1 Å². The summed E-state index contributed by atoms with van der Waals surface area (Å²) >= 11 is 0. The van der Waals surface area contributed by atoms with E-state index in [0.717, 1.165) is 12.1 Å². The number of carbonyl (C=O) groups is 1. The summed E-state index contributed by atoms with van der Waals surface area (Å²) in [6.45, 7) is 0. The molecule has 0 aromatic heterocycles. The molecule has 0 aliphatic carbocycles. The molecule has 0 fully saturated rings. The molecule has 0 heterocycles. The normalized spacial score (nSPS) is 11.2. The van der Waals surface area contributed by atoms with Gasteiger partial charge >= 0.3 is 6.18 Å². The Morgan fingerprint density at radius 1 is 1.05 bits per heavy atom. The number of rotatable bonds is 2. The Kier molecular flexibility index (Phi) is 3.65. The minimum Gasteiger partial charge on any atom is -0.399 e. The van der Waals surface area contributed by atoms with E-state index in [4.69, 9.17) is 5.73 Å². The van der Waals surface area contributed by atoms with Gasteiger partial charge in [-0.15, -0.1) is 0 Å². The van der Waals surface area contributed by atoms with Gasteiger partial charge in [0.1, 0.15) is 0 Å². The van der Waals surface area contributed by atoms with Crippen LogP contribution in [0.2, 0.25) is 0 Å². The second kappa shape index (κ2) is 5.24. The van der Waals surface area contributed by atoms with Gasteiger partial charge in [-0.1, -0.05) is 18.2 Å². The summed E-state index contributed by atoms with van der Waals surface area (Å²) < 4.78 is 38.0. The monoisotopic (exact) mass is 280 g/mol. The fourth-order valence-electron chi connectivity index (χ4n) is 1.67. The first-order chi connectivity index (χ1) is 9.36. The van der Waals surface area contributed by atoms with Gasteiger partial charge in [0.05, 0.1) is 5.56 Å². The predicted octanol–water partition coefficient (Wildman–Crippen LogP) is 3.54. The van der Waals surface area contributed by atoms with Crippen molar-refractivity contribution in [3.8, 4) is 0 Å². The average Bonchev–Trinajstić information content (AvgIpc) is 2.38. The predicted molar refractivity (Wildman–Crippen MR) is 70.3 cm³/mol. The third-order valence-electron chi connectivity index (χ3n) is 2.58. The molecular formula is C14H11F3N2O. The molecule has 2 rings (SSSR count). The van der Waals surface area contributed by atoms with E-state index in [0.29, 0.717) is 5.69 Å². The van der Waals surface area contributed by atoms with Crippen molar-refractivity contribution >= 4 is 17.3 Å². The van der Waals surface area contributed by atoms with Gasteiger partial charge in [0.2, 0.25) is 0 Å². The number of amides is 1. The molecule has 0 spiro atoms. The molecule has 0 bridgehead atoms. The number of halogens is 3. The zero-order valence-electron chi connectivity index (χ0n) is 10.2. The molecule has 0 aliphatic heterocycles. The maximum atomic E-state index is 12.7. The van der Waals surface area contributed by atoms with Crippen LogP contribution in [-0.4, -0.2) is 5.91 Å². The van der Waals surface area contributed by atoms with Gasteiger partial charge in [-0.2, -0.15) is 13.2 Å². The van der Waals surface area contributed by atoms with E-state index in [2.05, 4.69) is 5.32 Å². The fraction of sp³-hybridized carbons (Fsp3) is 0.0714. The van der Waals surface area contributed by atoms with E-state index in [9.17, 15) is 18.0 Å². The zero-order chi connectivity index (χ0) is 14.8. The summed E-state index contributed by atoms with van der Waals surface area (Å²) in [6.07, 6.45) is -4.54. The van der Waals surface area contributed by atoms with E-state index in [1.165, 1.54) is 6.07 Å². The van der Waals surface area contributed by atoms with E-state index >= 15 is 0 Å². The Balaban J connectivity index is 2.29. The highest BCUT2D eigenvalue weighted by Crippen LogP contribution is 2.31. The Morgan fingerprint density at radius 2 is 1.70 bits per heavy atom. The average molecular weight is 280 g/mol. The highest BCUT2D eigenvalue weighted by Gasteiger charge is 2.31. The van der Waals surface area contributed by atoms with Crippen LogP contribution >= 0.6 is 0 Å². The highest BCUT2D eigenvalue weighted by molar-refractivity contribution is 6.04. The number of alkyl halides is 3. The van der Waals surface area contributed by atoms with Gasteiger partial charge in [0.15, 0.2) is 0 Å². The largest absolute Gasteiger partial charge is 0.416 e. The maximum Gasteiger partial charge on any atom is 0.416 e. The highest BCUT2D eigenvalue weighted by atomic mass is 19.4. The number of nitrogen functional groups attached to an aromatic ring is 1. The summed E-state index contributed by atoms with van der Waals surface area (Å²) in [6, 6.07) is 11.2. The number of hydrogen-bond donors (Lipinski definition) is 2. The van der Waals surface area contributed by atoms with Crippen molar-refractivity contribution in [1.82, 2.24) is 0 Å². The van der Waals surface area contributed by atoms with E-state index in [1.807, 2.05) is 0 Å². The molecule has 20 heavy (non-hydrogen) atoms. The van der Waals surface area contributed by atoms with Gasteiger partial charge in [-0.3, -0.25) is 4.79 Å². The first-order valence-electron chi connectivity index (χ1n) is 5.70. The zero-order valence-corrected chi connectivity index (χ0v) is 10.2. The van der Waals surface area contributed by atoms with Crippen molar-refractivity contribution in [3.05, 3.63) is 59.7 Å². The maximum absolute atomic E-state index is 12.7. The number of benzene rings is 2. The molecule has 2 aromatic carbocycles. The smallest absolute Gasteiger partial charge is 0.399 e. The lowest BCUT2D eigenvalue weighted by Gasteiger charge is -2.10. The fourth-order valence-corrected chi connectivity index (χ4v) is 1.67. The Hall–Kier alpha value is -2.50. The van der Waals surface area contributed by atoms with Crippen LogP contribution < -0.4 is 11.1 Å². The van der Waals surface area contributed by atoms with Crippen molar-refractivity contribution < 1.29 is 18.0 Å². The number of nitrogens with two attached hydrogens (primary N) is 1. The molecule has 0 saturated carbocycles. The summed E-state index contributed by atoms with van der Waals surface area (Å²) in [5.41, 5.74) is 4.70. The van der Waals surface area contributed by atoms with Gasteiger partial charge in [-0.05, 0) is 30.3 Å². The van der Waals surface area contributed by atoms with Crippen LogP contribution in [0.15, 0.2) is 48.5 Å².